The summed E-state index contributed by atoms with van der Waals surface area (Å²) in [5.74, 6) is -0.0310. The fourth-order valence-electron chi connectivity index (χ4n) is 2.69. The molecule has 3 rings (SSSR count). The van der Waals surface area contributed by atoms with Gasteiger partial charge in [-0.2, -0.15) is 13.2 Å². The summed E-state index contributed by atoms with van der Waals surface area (Å²) in [7, 11) is 0. The summed E-state index contributed by atoms with van der Waals surface area (Å²) in [6, 6.07) is 0.828. The summed E-state index contributed by atoms with van der Waals surface area (Å²) in [5.41, 5.74) is -2.11. The van der Waals surface area contributed by atoms with Crippen LogP contribution in [0.15, 0.2) is 24.7 Å². The lowest BCUT2D eigenvalue weighted by atomic mass is 9.93. The Balaban J connectivity index is 1.78. The third-order valence-corrected chi connectivity index (χ3v) is 3.70. The number of β-amino-alcohol motifs (C(OH)–C–C–N with tert-alkyl or cyclic N) is 1. The van der Waals surface area contributed by atoms with Gasteiger partial charge in [0, 0.05) is 18.9 Å². The Morgan fingerprint density at radius 1 is 1.30 bits per heavy atom. The maximum atomic E-state index is 12.8. The van der Waals surface area contributed by atoms with Crippen LogP contribution >= 0.6 is 0 Å². The number of aliphatic hydroxyl groups is 1. The monoisotopic (exact) mass is 328 g/mol. The van der Waals surface area contributed by atoms with Crippen molar-refractivity contribution in [3.63, 3.8) is 0 Å². The van der Waals surface area contributed by atoms with E-state index in [0.29, 0.717) is 19.4 Å². The molecule has 1 aliphatic heterocycles. The maximum Gasteiger partial charge on any atom is 0.433 e. The normalized spacial score (nSPS) is 22.3. The average Bonchev–Trinajstić information content (AvgIpc) is 2.99. The van der Waals surface area contributed by atoms with Crippen LogP contribution in [0.5, 0.6) is 0 Å². The van der Waals surface area contributed by atoms with E-state index in [1.807, 2.05) is 0 Å². The number of anilines is 1. The minimum Gasteiger partial charge on any atom is -0.386 e. The van der Waals surface area contributed by atoms with Crippen molar-refractivity contribution in [1.29, 1.82) is 0 Å². The number of halogens is 3. The second-order valence-electron chi connectivity index (χ2n) is 5.59. The predicted molar refractivity (Wildman–Crippen MR) is 73.5 cm³/mol. The number of alkyl halides is 3. The van der Waals surface area contributed by atoms with Gasteiger partial charge >= 0.3 is 6.18 Å². The van der Waals surface area contributed by atoms with Crippen molar-refractivity contribution in [3.8, 4) is 0 Å². The summed E-state index contributed by atoms with van der Waals surface area (Å²) < 4.78 is 39.8. The van der Waals surface area contributed by atoms with Crippen LogP contribution < -0.4 is 4.90 Å². The minimum absolute atomic E-state index is 0.0310. The highest BCUT2D eigenvalue weighted by molar-refractivity contribution is 5.32. The third-order valence-electron chi connectivity index (χ3n) is 3.70. The fourth-order valence-corrected chi connectivity index (χ4v) is 2.69. The van der Waals surface area contributed by atoms with Gasteiger partial charge in [0.2, 0.25) is 5.95 Å². The van der Waals surface area contributed by atoms with Gasteiger partial charge in [-0.3, -0.25) is 0 Å². The molecular weight excluding hydrogens is 313 g/mol. The SMILES string of the molecule is OC1(Cn2ccnn2)CCCN(c2nccc(C(F)(F)F)n2)C1. The Hall–Kier alpha value is -2.23. The van der Waals surface area contributed by atoms with E-state index < -0.39 is 17.5 Å². The van der Waals surface area contributed by atoms with Gasteiger partial charge in [-0.05, 0) is 18.9 Å². The van der Waals surface area contributed by atoms with E-state index in [9.17, 15) is 18.3 Å². The second-order valence-corrected chi connectivity index (χ2v) is 5.59. The number of hydrogen-bond acceptors (Lipinski definition) is 6. The molecule has 0 saturated carbocycles. The topological polar surface area (TPSA) is 80.0 Å². The van der Waals surface area contributed by atoms with Crippen LogP contribution in [-0.4, -0.2) is 48.8 Å². The van der Waals surface area contributed by atoms with Crippen LogP contribution in [0.4, 0.5) is 19.1 Å². The lowest BCUT2D eigenvalue weighted by Crippen LogP contribution is -2.51. The zero-order valence-electron chi connectivity index (χ0n) is 12.1. The van der Waals surface area contributed by atoms with E-state index in [1.165, 1.54) is 10.9 Å². The fraction of sp³-hybridized carbons (Fsp3) is 0.538. The molecule has 2 aromatic heterocycles. The number of rotatable bonds is 3. The van der Waals surface area contributed by atoms with Crippen LogP contribution in [0, 0.1) is 0 Å². The van der Waals surface area contributed by atoms with Gasteiger partial charge in [-0.25, -0.2) is 14.6 Å². The van der Waals surface area contributed by atoms with Gasteiger partial charge in [-0.15, -0.1) is 5.10 Å². The zero-order valence-corrected chi connectivity index (χ0v) is 12.1. The predicted octanol–water partition coefficient (Wildman–Crippen LogP) is 1.12. The van der Waals surface area contributed by atoms with Crippen molar-refractivity contribution in [3.05, 3.63) is 30.4 Å². The molecule has 1 aliphatic rings. The maximum absolute atomic E-state index is 12.8. The summed E-state index contributed by atoms with van der Waals surface area (Å²) in [6.45, 7) is 0.831. The molecule has 124 valence electrons. The molecule has 2 aromatic rings. The molecule has 1 N–H and O–H groups in total. The number of piperidine rings is 1. The molecule has 0 amide bonds. The molecule has 7 nitrogen and oxygen atoms in total. The van der Waals surface area contributed by atoms with E-state index in [-0.39, 0.29) is 19.0 Å². The molecule has 23 heavy (non-hydrogen) atoms. The highest BCUT2D eigenvalue weighted by atomic mass is 19.4. The van der Waals surface area contributed by atoms with Crippen LogP contribution in [0.25, 0.3) is 0 Å². The van der Waals surface area contributed by atoms with Gasteiger partial charge in [0.05, 0.1) is 19.3 Å². The Bertz CT molecular complexity index is 662. The zero-order chi connectivity index (χ0) is 16.5. The lowest BCUT2D eigenvalue weighted by molar-refractivity contribution is -0.141. The summed E-state index contributed by atoms with van der Waals surface area (Å²) in [4.78, 5) is 9.05. The molecule has 1 unspecified atom stereocenters. The number of nitrogens with zero attached hydrogens (tertiary/aromatic N) is 6. The van der Waals surface area contributed by atoms with Crippen LogP contribution in [-0.2, 0) is 12.7 Å². The number of hydrogen-bond donors (Lipinski definition) is 1. The first kappa shape index (κ1) is 15.7. The summed E-state index contributed by atoms with van der Waals surface area (Å²) in [6.07, 6.45) is 0.811. The molecule has 0 aromatic carbocycles. The molecule has 1 saturated heterocycles. The molecular formula is C13H15F3N6O. The van der Waals surface area contributed by atoms with Crippen LogP contribution in [0.1, 0.15) is 18.5 Å². The Morgan fingerprint density at radius 3 is 2.83 bits per heavy atom. The van der Waals surface area contributed by atoms with Crippen molar-refractivity contribution in [2.45, 2.75) is 31.2 Å². The van der Waals surface area contributed by atoms with E-state index in [1.54, 1.807) is 11.1 Å². The Labute approximate surface area is 129 Å². The van der Waals surface area contributed by atoms with Gasteiger partial charge in [0.25, 0.3) is 0 Å². The molecule has 3 heterocycles. The molecule has 0 aliphatic carbocycles. The molecule has 10 heteroatoms. The van der Waals surface area contributed by atoms with Gasteiger partial charge in [0.15, 0.2) is 0 Å². The number of aromatic nitrogens is 5. The Kier molecular flexibility index (Phi) is 3.92. The smallest absolute Gasteiger partial charge is 0.386 e. The van der Waals surface area contributed by atoms with E-state index in [2.05, 4.69) is 20.3 Å². The van der Waals surface area contributed by atoms with Crippen molar-refractivity contribution in [2.24, 2.45) is 0 Å². The molecule has 0 radical (unpaired) electrons. The first-order valence-electron chi connectivity index (χ1n) is 7.07. The second kappa shape index (κ2) is 5.76. The molecule has 1 atom stereocenters. The summed E-state index contributed by atoms with van der Waals surface area (Å²) >= 11 is 0. The quantitative estimate of drug-likeness (QED) is 0.909. The van der Waals surface area contributed by atoms with Crippen LogP contribution in [0.3, 0.4) is 0 Å². The highest BCUT2D eigenvalue weighted by Crippen LogP contribution is 2.30. The Morgan fingerprint density at radius 2 is 2.13 bits per heavy atom. The van der Waals surface area contributed by atoms with Gasteiger partial charge < -0.3 is 10.0 Å². The largest absolute Gasteiger partial charge is 0.433 e. The third kappa shape index (κ3) is 3.58. The van der Waals surface area contributed by atoms with Gasteiger partial charge in [0.1, 0.15) is 11.3 Å². The van der Waals surface area contributed by atoms with E-state index in [4.69, 9.17) is 0 Å². The van der Waals surface area contributed by atoms with Crippen LogP contribution in [0.2, 0.25) is 0 Å². The van der Waals surface area contributed by atoms with Gasteiger partial charge in [-0.1, -0.05) is 5.21 Å². The first-order valence-corrected chi connectivity index (χ1v) is 7.07. The average molecular weight is 328 g/mol. The standard InChI is InChI=1S/C13H15F3N6O/c14-13(15,16)10-2-4-17-11(19-10)21-6-1-3-12(23,8-21)9-22-7-5-18-20-22/h2,4-5,7,23H,1,3,6,8-9H2. The van der Waals surface area contributed by atoms with E-state index in [0.717, 1.165) is 12.3 Å². The highest BCUT2D eigenvalue weighted by Gasteiger charge is 2.37. The first-order chi connectivity index (χ1) is 10.9. The van der Waals surface area contributed by atoms with E-state index >= 15 is 0 Å². The molecule has 0 bridgehead atoms. The molecule has 0 spiro atoms. The van der Waals surface area contributed by atoms with Crippen molar-refractivity contribution >= 4 is 5.95 Å². The lowest BCUT2D eigenvalue weighted by Gasteiger charge is -2.39. The summed E-state index contributed by atoms with van der Waals surface area (Å²) in [5, 5.41) is 18.2. The van der Waals surface area contributed by atoms with Crippen molar-refractivity contribution in [1.82, 2.24) is 25.0 Å². The molecule has 1 fully saturated rings. The van der Waals surface area contributed by atoms with Crippen molar-refractivity contribution in [2.75, 3.05) is 18.0 Å². The van der Waals surface area contributed by atoms with Crippen molar-refractivity contribution < 1.29 is 18.3 Å². The minimum atomic E-state index is -4.52.